The molecule has 0 aromatic heterocycles. The van der Waals surface area contributed by atoms with E-state index in [1.54, 1.807) is 0 Å². The van der Waals surface area contributed by atoms with E-state index in [1.807, 2.05) is 0 Å². The van der Waals surface area contributed by atoms with Gasteiger partial charge in [-0.2, -0.15) is 0 Å². The summed E-state index contributed by atoms with van der Waals surface area (Å²) in [5.74, 6) is -2.55. The van der Waals surface area contributed by atoms with Gasteiger partial charge in [-0.1, -0.05) is 13.8 Å². The van der Waals surface area contributed by atoms with Crippen LogP contribution in [0.1, 0.15) is 36.0 Å². The zero-order valence-corrected chi connectivity index (χ0v) is 15.1. The minimum Gasteiger partial charge on any atom is -1.00 e. The van der Waals surface area contributed by atoms with E-state index < -0.39 is 23.8 Å². The quantitative estimate of drug-likeness (QED) is 0.510. The fourth-order valence-corrected chi connectivity index (χ4v) is 2.38. The van der Waals surface area contributed by atoms with Crippen LogP contribution in [-0.4, -0.2) is 22.2 Å². The number of carboxylic acid groups (broad SMARTS) is 2. The van der Waals surface area contributed by atoms with E-state index in [0.717, 1.165) is 6.42 Å². The first kappa shape index (κ1) is 20.3. The number of hydrogen-bond donors (Lipinski definition) is 2. The summed E-state index contributed by atoms with van der Waals surface area (Å²) in [5, 5.41) is 17.9. The molecule has 0 aromatic rings. The molecule has 0 radical (unpaired) electrons. The Morgan fingerprint density at radius 2 is 1.53 bits per heavy atom. The Morgan fingerprint density at radius 3 is 1.88 bits per heavy atom. The second-order valence-corrected chi connectivity index (χ2v) is 4.71. The summed E-state index contributed by atoms with van der Waals surface area (Å²) in [6, 6.07) is 0. The van der Waals surface area contributed by atoms with Gasteiger partial charge in [0, 0.05) is 0 Å². The average Bonchev–Trinajstić information content (AvgIpc) is 2.16. The molecule has 4 nitrogen and oxygen atoms in total. The van der Waals surface area contributed by atoms with Crippen molar-refractivity contribution in [2.45, 2.75) is 33.1 Å². The van der Waals surface area contributed by atoms with Crippen molar-refractivity contribution in [1.29, 1.82) is 0 Å². The maximum atomic E-state index is 11.0. The van der Waals surface area contributed by atoms with Gasteiger partial charge in [0.25, 0.3) is 0 Å². The van der Waals surface area contributed by atoms with Crippen molar-refractivity contribution < 1.29 is 81.8 Å². The minimum absolute atomic E-state index is 0. The third-order valence-corrected chi connectivity index (χ3v) is 3.47. The number of hydrogen-bond acceptors (Lipinski definition) is 2. The summed E-state index contributed by atoms with van der Waals surface area (Å²) in [4.78, 5) is 21.9. The molecule has 3 unspecified atom stereocenters. The van der Waals surface area contributed by atoms with Crippen LogP contribution in [0.2, 0.25) is 0 Å². The largest absolute Gasteiger partial charge is 1.00 e. The Morgan fingerprint density at radius 1 is 1.06 bits per heavy atom. The van der Waals surface area contributed by atoms with Gasteiger partial charge >= 0.3 is 71.1 Å². The van der Waals surface area contributed by atoms with Crippen LogP contribution in [0.25, 0.3) is 0 Å². The molecule has 1 saturated carbocycles. The molecule has 3 atom stereocenters. The number of aliphatic carboxylic acids is 2. The van der Waals surface area contributed by atoms with E-state index in [1.165, 1.54) is 0 Å². The third kappa shape index (κ3) is 5.62. The molecule has 0 spiro atoms. The van der Waals surface area contributed by atoms with E-state index in [2.05, 4.69) is 13.8 Å². The van der Waals surface area contributed by atoms with Crippen molar-refractivity contribution in [1.82, 2.24) is 0 Å². The average molecular weight is 262 g/mol. The molecule has 0 saturated heterocycles. The van der Waals surface area contributed by atoms with E-state index in [4.69, 9.17) is 10.2 Å². The van der Waals surface area contributed by atoms with Crippen LogP contribution < -0.4 is 59.1 Å². The molecule has 1 rings (SSSR count). The maximum absolute atomic E-state index is 11.0. The molecule has 0 heterocycles. The second kappa shape index (κ2) is 8.94. The minimum atomic E-state index is -0.968. The zero-order chi connectivity index (χ0) is 11.6. The van der Waals surface area contributed by atoms with E-state index in [-0.39, 0.29) is 62.0 Å². The maximum Gasteiger partial charge on any atom is 1.00 e. The van der Waals surface area contributed by atoms with Crippen LogP contribution >= 0.6 is 0 Å². The van der Waals surface area contributed by atoms with Crippen LogP contribution in [0.5, 0.6) is 0 Å². The fourth-order valence-electron chi connectivity index (χ4n) is 2.38. The third-order valence-electron chi connectivity index (χ3n) is 3.47. The van der Waals surface area contributed by atoms with Gasteiger partial charge in [-0.3, -0.25) is 9.59 Å². The molecule has 2 N–H and O–H groups in total. The molecule has 1 aliphatic rings. The topological polar surface area (TPSA) is 74.6 Å². The van der Waals surface area contributed by atoms with Gasteiger partial charge in [-0.15, -0.1) is 0 Å². The molecular weight excluding hydrogens is 242 g/mol. The molecule has 0 bridgehead atoms. The standard InChI is InChI=1S/C11H18O4.2Na.2H/c1-6(2)7-3-4-8(10(12)13)9(5-7)11(14)15;;;;/h6-9H,3-5H2,1-2H3,(H,12,13)(H,14,15);;;;/q;2*+1;2*-1. The Balaban J connectivity index is -0.000000281. The Bertz CT molecular complexity index is 277. The molecule has 6 heteroatoms. The first-order chi connectivity index (χ1) is 6.93. The van der Waals surface area contributed by atoms with Crippen molar-refractivity contribution in [2.24, 2.45) is 23.7 Å². The van der Waals surface area contributed by atoms with Crippen molar-refractivity contribution in [3.8, 4) is 0 Å². The molecule has 1 fully saturated rings. The van der Waals surface area contributed by atoms with Gasteiger partial charge in [-0.25, -0.2) is 0 Å². The van der Waals surface area contributed by atoms with Crippen molar-refractivity contribution in [2.75, 3.05) is 0 Å². The SMILES string of the molecule is CC(C)C1CCC(C(=O)O)C(C(=O)O)C1.[H-].[H-].[Na+].[Na+]. The summed E-state index contributed by atoms with van der Waals surface area (Å²) in [6.07, 6.45) is 1.83. The van der Waals surface area contributed by atoms with Crippen molar-refractivity contribution in [3.05, 3.63) is 0 Å². The summed E-state index contributed by atoms with van der Waals surface area (Å²) >= 11 is 0. The van der Waals surface area contributed by atoms with E-state index in [9.17, 15) is 9.59 Å². The number of carbonyl (C=O) groups is 2. The molecule has 1 aliphatic carbocycles. The first-order valence-corrected chi connectivity index (χ1v) is 5.39. The molecule has 0 aromatic carbocycles. The van der Waals surface area contributed by atoms with Crippen LogP contribution in [0.4, 0.5) is 0 Å². The molecule has 17 heavy (non-hydrogen) atoms. The first-order valence-electron chi connectivity index (χ1n) is 5.39. The van der Waals surface area contributed by atoms with Crippen LogP contribution in [0, 0.1) is 23.7 Å². The van der Waals surface area contributed by atoms with Crippen molar-refractivity contribution >= 4 is 11.9 Å². The summed E-state index contributed by atoms with van der Waals surface area (Å²) in [6.45, 7) is 4.12. The molecule has 0 aliphatic heterocycles. The monoisotopic (exact) mass is 262 g/mol. The van der Waals surface area contributed by atoms with Crippen LogP contribution in [0.15, 0.2) is 0 Å². The van der Waals surface area contributed by atoms with Gasteiger partial charge < -0.3 is 13.1 Å². The molecule has 0 amide bonds. The predicted molar refractivity (Wildman–Crippen MR) is 56.7 cm³/mol. The fraction of sp³-hybridized carbons (Fsp3) is 0.818. The Hall–Kier alpha value is 0.940. The van der Waals surface area contributed by atoms with Crippen molar-refractivity contribution in [3.63, 3.8) is 0 Å². The number of rotatable bonds is 3. The van der Waals surface area contributed by atoms with Gasteiger partial charge in [0.05, 0.1) is 11.8 Å². The van der Waals surface area contributed by atoms with Gasteiger partial charge in [-0.05, 0) is 31.1 Å². The molecule has 90 valence electrons. The Kier molecular flexibility index (Phi) is 10.7. The second-order valence-electron chi connectivity index (χ2n) is 4.71. The van der Waals surface area contributed by atoms with Crippen LogP contribution in [0.3, 0.4) is 0 Å². The van der Waals surface area contributed by atoms with E-state index in [0.29, 0.717) is 24.7 Å². The Labute approximate surface area is 149 Å². The normalized spacial score (nSPS) is 27.8. The number of carboxylic acids is 2. The predicted octanol–water partition coefficient (Wildman–Crippen LogP) is -3.92. The zero-order valence-electron chi connectivity index (χ0n) is 13.1. The summed E-state index contributed by atoms with van der Waals surface area (Å²) in [7, 11) is 0. The van der Waals surface area contributed by atoms with E-state index >= 15 is 0 Å². The smallest absolute Gasteiger partial charge is 1.00 e. The van der Waals surface area contributed by atoms with Crippen LogP contribution in [-0.2, 0) is 9.59 Å². The van der Waals surface area contributed by atoms with Gasteiger partial charge in [0.2, 0.25) is 0 Å². The summed E-state index contributed by atoms with van der Waals surface area (Å²) in [5.41, 5.74) is 0. The summed E-state index contributed by atoms with van der Waals surface area (Å²) < 4.78 is 0. The molecular formula is C11H20Na2O4. The van der Waals surface area contributed by atoms with Gasteiger partial charge in [0.1, 0.15) is 0 Å². The van der Waals surface area contributed by atoms with Gasteiger partial charge in [0.15, 0.2) is 0 Å².